The number of carbonyl (C=O) groups is 3. The fourth-order valence-electron chi connectivity index (χ4n) is 8.91. The summed E-state index contributed by atoms with van der Waals surface area (Å²) in [7, 11) is 0. The lowest BCUT2D eigenvalue weighted by Gasteiger charge is -2.18. The molecule has 6 heteroatoms. The van der Waals surface area contributed by atoms with Crippen LogP contribution in [0.4, 0.5) is 0 Å². The Morgan fingerprint density at radius 3 is 0.776 bits per heavy atom. The van der Waals surface area contributed by atoms with Crippen molar-refractivity contribution in [2.24, 2.45) is 0 Å². The first-order valence-electron chi connectivity index (χ1n) is 29.8. The highest BCUT2D eigenvalue weighted by Gasteiger charge is 2.19. The fraction of sp³-hybridized carbons (Fsp3) is 0.885. The predicted octanol–water partition coefficient (Wildman–Crippen LogP) is 19.9. The molecule has 0 saturated carbocycles. The molecule has 0 bridgehead atoms. The molecule has 0 rings (SSSR count). The number of allylic oxidation sites excluding steroid dienone is 4. The van der Waals surface area contributed by atoms with Gasteiger partial charge in [0, 0.05) is 19.3 Å². The van der Waals surface area contributed by atoms with Crippen LogP contribution in [-0.4, -0.2) is 37.2 Å². The lowest BCUT2D eigenvalue weighted by molar-refractivity contribution is -0.167. The lowest BCUT2D eigenvalue weighted by Crippen LogP contribution is -2.30. The zero-order chi connectivity index (χ0) is 48.6. The van der Waals surface area contributed by atoms with Gasteiger partial charge in [0.25, 0.3) is 0 Å². The summed E-state index contributed by atoms with van der Waals surface area (Å²) in [5.41, 5.74) is 0. The molecule has 0 aliphatic heterocycles. The molecule has 0 fully saturated rings. The van der Waals surface area contributed by atoms with Crippen LogP contribution in [0.3, 0.4) is 0 Å². The quantitative estimate of drug-likeness (QED) is 0.0262. The van der Waals surface area contributed by atoms with Crippen LogP contribution in [0.5, 0.6) is 0 Å². The average Bonchev–Trinajstić information content (AvgIpc) is 3.33. The second kappa shape index (κ2) is 56.5. The lowest BCUT2D eigenvalue weighted by atomic mass is 10.0. The first-order chi connectivity index (χ1) is 33.0. The highest BCUT2D eigenvalue weighted by Crippen LogP contribution is 2.17. The minimum absolute atomic E-state index is 0.0718. The molecule has 0 spiro atoms. The van der Waals surface area contributed by atoms with Crippen LogP contribution in [0.2, 0.25) is 0 Å². The number of hydrogen-bond acceptors (Lipinski definition) is 6. The van der Waals surface area contributed by atoms with E-state index in [9.17, 15) is 14.4 Å². The molecule has 1 unspecified atom stereocenters. The maximum atomic E-state index is 12.9. The normalized spacial score (nSPS) is 12.1. The first kappa shape index (κ1) is 64.9. The van der Waals surface area contributed by atoms with E-state index in [1.807, 2.05) is 0 Å². The molecule has 0 aromatic heterocycles. The van der Waals surface area contributed by atoms with Gasteiger partial charge in [0.1, 0.15) is 13.2 Å². The second-order valence-corrected chi connectivity index (χ2v) is 20.3. The van der Waals surface area contributed by atoms with E-state index in [4.69, 9.17) is 14.2 Å². The van der Waals surface area contributed by atoms with Gasteiger partial charge in [-0.05, 0) is 70.6 Å². The van der Waals surface area contributed by atoms with Crippen LogP contribution in [0, 0.1) is 0 Å². The second-order valence-electron chi connectivity index (χ2n) is 20.3. The third-order valence-electron chi connectivity index (χ3n) is 13.4. The largest absolute Gasteiger partial charge is 0.462 e. The smallest absolute Gasteiger partial charge is 0.306 e. The van der Waals surface area contributed by atoms with Crippen LogP contribution in [0.25, 0.3) is 0 Å². The van der Waals surface area contributed by atoms with Crippen LogP contribution in [-0.2, 0) is 28.6 Å². The summed E-state index contributed by atoms with van der Waals surface area (Å²) in [6.45, 7) is 6.66. The van der Waals surface area contributed by atoms with E-state index < -0.39 is 6.10 Å². The first-order valence-corrected chi connectivity index (χ1v) is 29.8. The molecule has 67 heavy (non-hydrogen) atoms. The van der Waals surface area contributed by atoms with Gasteiger partial charge in [0.05, 0.1) is 0 Å². The van der Waals surface area contributed by atoms with E-state index in [2.05, 4.69) is 45.1 Å². The minimum Gasteiger partial charge on any atom is -0.462 e. The van der Waals surface area contributed by atoms with Crippen molar-refractivity contribution in [2.75, 3.05) is 13.2 Å². The molecule has 0 saturated heterocycles. The fourth-order valence-corrected chi connectivity index (χ4v) is 8.91. The molecule has 0 aromatic rings. The minimum atomic E-state index is -0.772. The number of unbranched alkanes of at least 4 members (excludes halogenated alkanes) is 40. The highest BCUT2D eigenvalue weighted by molar-refractivity contribution is 5.71. The predicted molar refractivity (Wildman–Crippen MR) is 289 cm³/mol. The summed E-state index contributed by atoms with van der Waals surface area (Å²) in [4.78, 5) is 38.1. The van der Waals surface area contributed by atoms with Gasteiger partial charge in [-0.1, -0.05) is 263 Å². The number of carbonyl (C=O) groups excluding carboxylic acids is 3. The van der Waals surface area contributed by atoms with Crippen molar-refractivity contribution in [3.05, 3.63) is 24.3 Å². The summed E-state index contributed by atoms with van der Waals surface area (Å²) >= 11 is 0. The van der Waals surface area contributed by atoms with Crippen molar-refractivity contribution in [3.8, 4) is 0 Å². The maximum absolute atomic E-state index is 12.9. The average molecular weight is 944 g/mol. The summed E-state index contributed by atoms with van der Waals surface area (Å²) in [5, 5.41) is 0. The van der Waals surface area contributed by atoms with E-state index in [1.54, 1.807) is 0 Å². The molecular formula is C61H114O6. The van der Waals surface area contributed by atoms with Crippen molar-refractivity contribution in [3.63, 3.8) is 0 Å². The standard InChI is InChI=1S/C61H114O6/c1-4-7-10-13-16-19-22-25-27-29-31-33-34-36-39-42-45-48-51-54-60(63)66-57-58(56-65-59(62)53-50-47-44-41-38-24-21-18-15-12-9-6-3)67-61(64)55-52-49-46-43-40-37-35-32-30-28-26-23-20-17-14-11-8-5-2/h18,21,29,31,58H,4-17,19-20,22-28,30,32-57H2,1-3H3/b21-18-,31-29-. The van der Waals surface area contributed by atoms with Crippen molar-refractivity contribution in [2.45, 2.75) is 335 Å². The van der Waals surface area contributed by atoms with E-state index in [0.29, 0.717) is 19.3 Å². The summed E-state index contributed by atoms with van der Waals surface area (Å²) in [6.07, 6.45) is 66.0. The molecule has 0 heterocycles. The Morgan fingerprint density at radius 1 is 0.284 bits per heavy atom. The monoisotopic (exact) mass is 943 g/mol. The third kappa shape index (κ3) is 54.7. The van der Waals surface area contributed by atoms with E-state index in [0.717, 1.165) is 64.2 Å². The summed E-state index contributed by atoms with van der Waals surface area (Å²) in [6, 6.07) is 0. The van der Waals surface area contributed by atoms with Crippen molar-refractivity contribution >= 4 is 17.9 Å². The van der Waals surface area contributed by atoms with Gasteiger partial charge in [-0.25, -0.2) is 0 Å². The van der Waals surface area contributed by atoms with E-state index >= 15 is 0 Å². The Bertz CT molecular complexity index is 1080. The van der Waals surface area contributed by atoms with Gasteiger partial charge >= 0.3 is 17.9 Å². The molecule has 6 nitrogen and oxygen atoms in total. The molecule has 0 aliphatic rings. The Hall–Kier alpha value is -2.11. The van der Waals surface area contributed by atoms with Crippen molar-refractivity contribution < 1.29 is 28.6 Å². The molecule has 0 aliphatic carbocycles. The van der Waals surface area contributed by atoms with Gasteiger partial charge in [-0.2, -0.15) is 0 Å². The molecule has 394 valence electrons. The van der Waals surface area contributed by atoms with Gasteiger partial charge < -0.3 is 14.2 Å². The van der Waals surface area contributed by atoms with Crippen LogP contribution in [0.1, 0.15) is 329 Å². The van der Waals surface area contributed by atoms with Crippen LogP contribution >= 0.6 is 0 Å². The maximum Gasteiger partial charge on any atom is 0.306 e. The number of hydrogen-bond donors (Lipinski definition) is 0. The number of esters is 3. The zero-order valence-electron chi connectivity index (χ0n) is 45.2. The Labute approximate surface area is 417 Å². The van der Waals surface area contributed by atoms with Crippen molar-refractivity contribution in [1.29, 1.82) is 0 Å². The molecule has 1 atom stereocenters. The summed E-state index contributed by atoms with van der Waals surface area (Å²) < 4.78 is 16.9. The zero-order valence-corrected chi connectivity index (χ0v) is 45.2. The highest BCUT2D eigenvalue weighted by atomic mass is 16.6. The van der Waals surface area contributed by atoms with E-state index in [1.165, 1.54) is 225 Å². The topological polar surface area (TPSA) is 78.9 Å². The number of ether oxygens (including phenoxy) is 3. The van der Waals surface area contributed by atoms with Gasteiger partial charge in [-0.15, -0.1) is 0 Å². The van der Waals surface area contributed by atoms with Crippen LogP contribution < -0.4 is 0 Å². The van der Waals surface area contributed by atoms with Gasteiger partial charge in [0.2, 0.25) is 0 Å². The Kier molecular flexibility index (Phi) is 54.7. The molecular weight excluding hydrogens is 829 g/mol. The summed E-state index contributed by atoms with van der Waals surface area (Å²) in [5.74, 6) is -0.864. The third-order valence-corrected chi connectivity index (χ3v) is 13.4. The van der Waals surface area contributed by atoms with E-state index in [-0.39, 0.29) is 31.1 Å². The molecule has 0 aromatic carbocycles. The van der Waals surface area contributed by atoms with Crippen molar-refractivity contribution in [1.82, 2.24) is 0 Å². The number of rotatable bonds is 55. The molecule has 0 radical (unpaired) electrons. The van der Waals surface area contributed by atoms with Crippen LogP contribution in [0.15, 0.2) is 24.3 Å². The molecule has 0 amide bonds. The SMILES string of the molecule is CCCCC/C=C\CCCCCCCC(=O)OCC(COC(=O)CCCCCCCCC/C=C\CCCCCCCCCC)OC(=O)CCCCCCCCCCCCCCCCCCCC. The molecule has 0 N–H and O–H groups in total. The Morgan fingerprint density at radius 2 is 0.493 bits per heavy atom. The van der Waals surface area contributed by atoms with Gasteiger partial charge in [-0.3, -0.25) is 14.4 Å². The van der Waals surface area contributed by atoms with Gasteiger partial charge in [0.15, 0.2) is 6.10 Å². The Balaban J connectivity index is 4.30.